The van der Waals surface area contributed by atoms with Crippen molar-refractivity contribution in [3.05, 3.63) is 75.8 Å². The van der Waals surface area contributed by atoms with Crippen LogP contribution in [-0.2, 0) is 24.2 Å². The molecule has 0 aliphatic rings. The maximum atomic E-state index is 12.5. The Labute approximate surface area is 220 Å². The second kappa shape index (κ2) is 13.6. The van der Waals surface area contributed by atoms with Gasteiger partial charge in [0.2, 0.25) is 11.7 Å². The molecular weight excluding hydrogens is 526 g/mol. The third-order valence-electron chi connectivity index (χ3n) is 5.65. The van der Waals surface area contributed by atoms with Gasteiger partial charge in [0.05, 0.1) is 28.4 Å². The summed E-state index contributed by atoms with van der Waals surface area (Å²) >= 11 is 3.54. The molecule has 0 heterocycles. The molecule has 0 atom stereocenters. The average molecular weight is 558 g/mol. The van der Waals surface area contributed by atoms with Crippen LogP contribution in [0.2, 0.25) is 0 Å². The minimum atomic E-state index is -0.0299. The summed E-state index contributed by atoms with van der Waals surface area (Å²) in [6.45, 7) is 0.895. The highest BCUT2D eigenvalue weighted by molar-refractivity contribution is 9.10. The molecule has 1 amide bonds. The summed E-state index contributed by atoms with van der Waals surface area (Å²) in [6, 6.07) is 17.5. The number of ether oxygens (including phenoxy) is 5. The summed E-state index contributed by atoms with van der Waals surface area (Å²) in [5.41, 5.74) is 3.00. The van der Waals surface area contributed by atoms with E-state index in [1.54, 1.807) is 28.4 Å². The molecule has 0 saturated heterocycles. The second-order valence-electron chi connectivity index (χ2n) is 8.00. The van der Waals surface area contributed by atoms with E-state index in [2.05, 4.69) is 21.2 Å². The first-order valence-corrected chi connectivity index (χ1v) is 12.4. The molecule has 0 bridgehead atoms. The quantitative estimate of drug-likeness (QED) is 0.305. The smallest absolute Gasteiger partial charge is 0.220 e. The third kappa shape index (κ3) is 7.31. The Morgan fingerprint density at radius 3 is 2.11 bits per heavy atom. The van der Waals surface area contributed by atoms with Crippen LogP contribution in [0.3, 0.4) is 0 Å². The molecule has 7 nitrogen and oxygen atoms in total. The zero-order chi connectivity index (χ0) is 25.9. The lowest BCUT2D eigenvalue weighted by Crippen LogP contribution is -2.26. The molecule has 0 saturated carbocycles. The molecule has 8 heteroatoms. The molecular formula is C28H32BrNO6. The molecule has 0 unspecified atom stereocenters. The lowest BCUT2D eigenvalue weighted by atomic mass is 10.1. The van der Waals surface area contributed by atoms with E-state index in [-0.39, 0.29) is 5.91 Å². The number of nitrogens with one attached hydrogen (secondary N) is 1. The van der Waals surface area contributed by atoms with Crippen molar-refractivity contribution >= 4 is 21.8 Å². The number of rotatable bonds is 13. The maximum Gasteiger partial charge on any atom is 0.220 e. The van der Waals surface area contributed by atoms with Gasteiger partial charge >= 0.3 is 0 Å². The van der Waals surface area contributed by atoms with E-state index < -0.39 is 0 Å². The number of benzene rings is 3. The highest BCUT2D eigenvalue weighted by Gasteiger charge is 2.15. The van der Waals surface area contributed by atoms with Crippen LogP contribution >= 0.6 is 15.9 Å². The van der Waals surface area contributed by atoms with Crippen molar-refractivity contribution in [3.63, 3.8) is 0 Å². The molecule has 1 N–H and O–H groups in total. The van der Waals surface area contributed by atoms with Crippen LogP contribution in [0.1, 0.15) is 23.1 Å². The zero-order valence-corrected chi connectivity index (χ0v) is 22.6. The summed E-state index contributed by atoms with van der Waals surface area (Å²) in [5, 5.41) is 2.99. The van der Waals surface area contributed by atoms with Crippen LogP contribution in [-0.4, -0.2) is 40.9 Å². The number of carbonyl (C=O) groups is 1. The van der Waals surface area contributed by atoms with Crippen molar-refractivity contribution < 1.29 is 28.5 Å². The molecule has 192 valence electrons. The number of methoxy groups -OCH3 is 4. The van der Waals surface area contributed by atoms with E-state index in [0.717, 1.165) is 21.2 Å². The van der Waals surface area contributed by atoms with E-state index in [4.69, 9.17) is 23.7 Å². The molecule has 3 rings (SSSR count). The zero-order valence-electron chi connectivity index (χ0n) is 21.1. The van der Waals surface area contributed by atoms with Gasteiger partial charge in [0.15, 0.2) is 23.0 Å². The van der Waals surface area contributed by atoms with Crippen molar-refractivity contribution in [1.82, 2.24) is 5.32 Å². The van der Waals surface area contributed by atoms with Gasteiger partial charge in [-0.1, -0.05) is 46.3 Å². The van der Waals surface area contributed by atoms with E-state index in [0.29, 0.717) is 61.2 Å². The topological polar surface area (TPSA) is 75.3 Å². The standard InChI is InChI=1S/C28H32BrNO6/c1-32-23-16-21(22(29)17-24(23)33-2)10-11-27(31)30-13-12-20-14-25(34-3)28(35-4)26(15-20)36-18-19-8-6-5-7-9-19/h5-9,14-17H,10-13,18H2,1-4H3,(H,30,31). The molecule has 0 aromatic heterocycles. The number of halogens is 1. The molecule has 0 radical (unpaired) electrons. The molecule has 0 fully saturated rings. The minimum Gasteiger partial charge on any atom is -0.493 e. The lowest BCUT2D eigenvalue weighted by Gasteiger charge is -2.16. The Morgan fingerprint density at radius 2 is 1.44 bits per heavy atom. The highest BCUT2D eigenvalue weighted by atomic mass is 79.9. The van der Waals surface area contributed by atoms with Crippen molar-refractivity contribution in [2.24, 2.45) is 0 Å². The van der Waals surface area contributed by atoms with Gasteiger partial charge in [0.25, 0.3) is 0 Å². The largest absolute Gasteiger partial charge is 0.493 e. The summed E-state index contributed by atoms with van der Waals surface area (Å²) in [6.07, 6.45) is 1.54. The van der Waals surface area contributed by atoms with Gasteiger partial charge in [0.1, 0.15) is 6.61 Å². The predicted molar refractivity (Wildman–Crippen MR) is 143 cm³/mol. The first-order chi connectivity index (χ1) is 17.5. The van der Waals surface area contributed by atoms with Crippen molar-refractivity contribution in [3.8, 4) is 28.7 Å². The van der Waals surface area contributed by atoms with Gasteiger partial charge in [0, 0.05) is 17.4 Å². The first kappa shape index (κ1) is 27.2. The van der Waals surface area contributed by atoms with Gasteiger partial charge in [-0.15, -0.1) is 0 Å². The van der Waals surface area contributed by atoms with Crippen molar-refractivity contribution in [1.29, 1.82) is 0 Å². The molecule has 0 spiro atoms. The number of hydrogen-bond acceptors (Lipinski definition) is 6. The average Bonchev–Trinajstić information content (AvgIpc) is 2.91. The Morgan fingerprint density at radius 1 is 0.778 bits per heavy atom. The van der Waals surface area contributed by atoms with Crippen LogP contribution in [0.15, 0.2) is 59.1 Å². The summed E-state index contributed by atoms with van der Waals surface area (Å²) < 4.78 is 28.6. The van der Waals surface area contributed by atoms with Gasteiger partial charge in [-0.3, -0.25) is 4.79 Å². The third-order valence-corrected chi connectivity index (χ3v) is 6.39. The molecule has 36 heavy (non-hydrogen) atoms. The fourth-order valence-corrected chi connectivity index (χ4v) is 4.26. The lowest BCUT2D eigenvalue weighted by molar-refractivity contribution is -0.121. The van der Waals surface area contributed by atoms with Gasteiger partial charge in [-0.25, -0.2) is 0 Å². The fraction of sp³-hybridized carbons (Fsp3) is 0.321. The van der Waals surface area contributed by atoms with Crippen LogP contribution in [0.5, 0.6) is 28.7 Å². The van der Waals surface area contributed by atoms with Crippen LogP contribution in [0, 0.1) is 0 Å². The molecule has 3 aromatic carbocycles. The number of carbonyl (C=O) groups excluding carboxylic acids is 1. The monoisotopic (exact) mass is 557 g/mol. The Balaban J connectivity index is 1.58. The number of hydrogen-bond donors (Lipinski definition) is 1. The fourth-order valence-electron chi connectivity index (χ4n) is 3.74. The van der Waals surface area contributed by atoms with E-state index in [1.807, 2.05) is 54.6 Å². The second-order valence-corrected chi connectivity index (χ2v) is 8.86. The minimum absolute atomic E-state index is 0.0299. The van der Waals surface area contributed by atoms with E-state index in [9.17, 15) is 4.79 Å². The van der Waals surface area contributed by atoms with E-state index >= 15 is 0 Å². The van der Waals surface area contributed by atoms with Gasteiger partial charge in [-0.05, 0) is 53.8 Å². The van der Waals surface area contributed by atoms with E-state index in [1.165, 1.54) is 0 Å². The van der Waals surface area contributed by atoms with Gasteiger partial charge in [-0.2, -0.15) is 0 Å². The summed E-state index contributed by atoms with van der Waals surface area (Å²) in [5.74, 6) is 2.97. The number of amides is 1. The van der Waals surface area contributed by atoms with Gasteiger partial charge < -0.3 is 29.0 Å². The molecule has 0 aliphatic heterocycles. The van der Waals surface area contributed by atoms with Crippen LogP contribution < -0.4 is 29.0 Å². The first-order valence-electron chi connectivity index (χ1n) is 11.6. The SMILES string of the molecule is COc1cc(Br)c(CCC(=O)NCCc2cc(OC)c(OC)c(OCc3ccccc3)c2)cc1OC. The Bertz CT molecular complexity index is 1150. The molecule has 0 aliphatic carbocycles. The van der Waals surface area contributed by atoms with Crippen molar-refractivity contribution in [2.45, 2.75) is 25.9 Å². The normalized spacial score (nSPS) is 10.5. The Hall–Kier alpha value is -3.39. The summed E-state index contributed by atoms with van der Waals surface area (Å²) in [4.78, 5) is 12.5. The van der Waals surface area contributed by atoms with Crippen LogP contribution in [0.4, 0.5) is 0 Å². The number of aryl methyl sites for hydroxylation is 1. The summed E-state index contributed by atoms with van der Waals surface area (Å²) in [7, 11) is 6.36. The Kier molecular flexibility index (Phi) is 10.3. The maximum absolute atomic E-state index is 12.5. The highest BCUT2D eigenvalue weighted by Crippen LogP contribution is 2.39. The molecule has 3 aromatic rings. The predicted octanol–water partition coefficient (Wildman–Crippen LogP) is 5.35. The van der Waals surface area contributed by atoms with Crippen molar-refractivity contribution in [2.75, 3.05) is 35.0 Å². The van der Waals surface area contributed by atoms with Crippen LogP contribution in [0.25, 0.3) is 0 Å².